The molecular formula is C15H9O9S-. The van der Waals surface area contributed by atoms with E-state index in [-0.39, 0.29) is 28.0 Å². The van der Waals surface area contributed by atoms with E-state index in [2.05, 4.69) is 4.18 Å². The Labute approximate surface area is 139 Å². The van der Waals surface area contributed by atoms with E-state index in [0.29, 0.717) is 0 Å². The van der Waals surface area contributed by atoms with Crippen molar-refractivity contribution in [2.75, 3.05) is 0 Å². The van der Waals surface area contributed by atoms with Gasteiger partial charge in [0.25, 0.3) is 10.4 Å². The van der Waals surface area contributed by atoms with Gasteiger partial charge in [-0.2, -0.15) is 0 Å². The highest BCUT2D eigenvalue weighted by Gasteiger charge is 2.14. The molecule has 0 fully saturated rings. The van der Waals surface area contributed by atoms with Crippen molar-refractivity contribution in [3.8, 4) is 34.3 Å². The Morgan fingerprint density at radius 2 is 1.68 bits per heavy atom. The van der Waals surface area contributed by atoms with E-state index in [1.54, 1.807) is 0 Å². The van der Waals surface area contributed by atoms with E-state index in [0.717, 1.165) is 24.3 Å². The SMILES string of the molecule is O=c1cc(-c2ccc(O)c(O)c2)oc2cc(OS(=O)(=O)[O-])cc(O)c12. The lowest BCUT2D eigenvalue weighted by Crippen LogP contribution is -2.07. The summed E-state index contributed by atoms with van der Waals surface area (Å²) in [6, 6.07) is 6.47. The summed E-state index contributed by atoms with van der Waals surface area (Å²) in [6.07, 6.45) is 0. The monoisotopic (exact) mass is 365 g/mol. The predicted molar refractivity (Wildman–Crippen MR) is 83.2 cm³/mol. The third kappa shape index (κ3) is 3.34. The van der Waals surface area contributed by atoms with Gasteiger partial charge in [-0.1, -0.05) is 0 Å². The van der Waals surface area contributed by atoms with Crippen LogP contribution in [0.25, 0.3) is 22.3 Å². The number of phenolic OH excluding ortho intramolecular Hbond substituents is 3. The molecule has 1 heterocycles. The van der Waals surface area contributed by atoms with E-state index in [1.807, 2.05) is 0 Å². The highest BCUT2D eigenvalue weighted by atomic mass is 32.3. The maximum absolute atomic E-state index is 12.2. The third-order valence-electron chi connectivity index (χ3n) is 3.24. The fourth-order valence-corrected chi connectivity index (χ4v) is 2.56. The molecule has 0 radical (unpaired) electrons. The normalized spacial score (nSPS) is 11.6. The van der Waals surface area contributed by atoms with Crippen LogP contribution in [0.5, 0.6) is 23.0 Å². The second-order valence-electron chi connectivity index (χ2n) is 4.99. The second-order valence-corrected chi connectivity index (χ2v) is 5.97. The van der Waals surface area contributed by atoms with E-state index in [4.69, 9.17) is 4.42 Å². The molecule has 0 aliphatic heterocycles. The molecule has 2 aromatic carbocycles. The highest BCUT2D eigenvalue weighted by molar-refractivity contribution is 7.81. The molecule has 25 heavy (non-hydrogen) atoms. The van der Waals surface area contributed by atoms with Crippen LogP contribution in [0.3, 0.4) is 0 Å². The Bertz CT molecular complexity index is 1150. The average Bonchev–Trinajstić information content (AvgIpc) is 2.47. The first-order valence-electron chi connectivity index (χ1n) is 6.62. The molecule has 0 bridgehead atoms. The molecule has 3 rings (SSSR count). The fourth-order valence-electron chi connectivity index (χ4n) is 2.23. The number of hydrogen-bond donors (Lipinski definition) is 3. The zero-order valence-corrected chi connectivity index (χ0v) is 13.0. The standard InChI is InChI=1S/C15H10O9S/c16-9-2-1-7(3-10(9)17)13-6-12(19)15-11(18)4-8(5-14(15)23-13)24-25(20,21)22/h1-6,16-18H,(H,20,21,22)/p-1. The fraction of sp³-hybridized carbons (Fsp3) is 0. The molecule has 10 heteroatoms. The number of aromatic hydroxyl groups is 3. The van der Waals surface area contributed by atoms with Gasteiger partial charge in [0.15, 0.2) is 16.9 Å². The Balaban J connectivity index is 2.23. The van der Waals surface area contributed by atoms with Gasteiger partial charge < -0.3 is 28.5 Å². The largest absolute Gasteiger partial charge is 0.716 e. The first-order valence-corrected chi connectivity index (χ1v) is 7.96. The van der Waals surface area contributed by atoms with Crippen LogP contribution in [0.4, 0.5) is 0 Å². The van der Waals surface area contributed by atoms with Crippen molar-refractivity contribution >= 4 is 21.4 Å². The highest BCUT2D eigenvalue weighted by Crippen LogP contribution is 2.34. The Morgan fingerprint density at radius 1 is 0.960 bits per heavy atom. The van der Waals surface area contributed by atoms with Gasteiger partial charge in [-0.25, -0.2) is 8.42 Å². The lowest BCUT2D eigenvalue weighted by molar-refractivity contribution is 0.371. The lowest BCUT2D eigenvalue weighted by Gasteiger charge is -2.11. The van der Waals surface area contributed by atoms with Crippen molar-refractivity contribution in [1.82, 2.24) is 0 Å². The summed E-state index contributed by atoms with van der Waals surface area (Å²) in [6.45, 7) is 0. The van der Waals surface area contributed by atoms with Gasteiger partial charge in [-0.15, -0.1) is 0 Å². The molecule has 1 aromatic heterocycles. The summed E-state index contributed by atoms with van der Waals surface area (Å²) in [4.78, 5) is 12.2. The molecule has 0 atom stereocenters. The lowest BCUT2D eigenvalue weighted by atomic mass is 10.1. The van der Waals surface area contributed by atoms with Gasteiger partial charge in [0.2, 0.25) is 0 Å². The van der Waals surface area contributed by atoms with E-state index in [1.165, 1.54) is 12.1 Å². The maximum Gasteiger partial charge on any atom is 0.262 e. The molecule has 0 amide bonds. The van der Waals surface area contributed by atoms with E-state index >= 15 is 0 Å². The molecule has 3 aromatic rings. The molecule has 0 saturated carbocycles. The second kappa shape index (κ2) is 5.69. The van der Waals surface area contributed by atoms with Crippen molar-refractivity contribution in [3.05, 3.63) is 46.6 Å². The van der Waals surface area contributed by atoms with Crippen LogP contribution < -0.4 is 9.61 Å². The summed E-state index contributed by atoms with van der Waals surface area (Å²) < 4.78 is 41.6. The number of benzene rings is 2. The molecule has 130 valence electrons. The Hall–Kier alpha value is -3.24. The number of fused-ring (bicyclic) bond motifs is 1. The summed E-state index contributed by atoms with van der Waals surface area (Å²) in [5, 5.41) is 28.5. The molecular weight excluding hydrogens is 356 g/mol. The van der Waals surface area contributed by atoms with Gasteiger partial charge in [0, 0.05) is 23.8 Å². The summed E-state index contributed by atoms with van der Waals surface area (Å²) in [5.41, 5.74) is -0.664. The topological polar surface area (TPSA) is 157 Å². The number of rotatable bonds is 3. The van der Waals surface area contributed by atoms with Crippen LogP contribution >= 0.6 is 0 Å². The zero-order chi connectivity index (χ0) is 18.4. The van der Waals surface area contributed by atoms with Gasteiger partial charge in [0.05, 0.1) is 0 Å². The van der Waals surface area contributed by atoms with Gasteiger partial charge in [-0.3, -0.25) is 4.79 Å². The molecule has 9 nitrogen and oxygen atoms in total. The molecule has 0 unspecified atom stereocenters. The quantitative estimate of drug-likeness (QED) is 0.354. The van der Waals surface area contributed by atoms with Crippen LogP contribution in [0.2, 0.25) is 0 Å². The molecule has 0 aliphatic carbocycles. The molecule has 3 N–H and O–H groups in total. The zero-order valence-electron chi connectivity index (χ0n) is 12.2. The summed E-state index contributed by atoms with van der Waals surface area (Å²) in [5.74, 6) is -2.02. The predicted octanol–water partition coefficient (Wildman–Crippen LogP) is 1.42. The number of hydrogen-bond acceptors (Lipinski definition) is 9. The molecule has 0 aliphatic rings. The van der Waals surface area contributed by atoms with Crippen LogP contribution in [0.15, 0.2) is 45.6 Å². The van der Waals surface area contributed by atoms with Gasteiger partial charge in [0.1, 0.15) is 28.2 Å². The third-order valence-corrected chi connectivity index (χ3v) is 3.64. The minimum atomic E-state index is -5.09. The van der Waals surface area contributed by atoms with Crippen molar-refractivity contribution < 1.29 is 36.9 Å². The minimum Gasteiger partial charge on any atom is -0.716 e. The minimum absolute atomic E-state index is 0.0330. The van der Waals surface area contributed by atoms with Gasteiger partial charge >= 0.3 is 0 Å². The Morgan fingerprint density at radius 3 is 2.32 bits per heavy atom. The van der Waals surface area contributed by atoms with Crippen LogP contribution in [-0.4, -0.2) is 28.3 Å². The van der Waals surface area contributed by atoms with Crippen molar-refractivity contribution in [2.24, 2.45) is 0 Å². The van der Waals surface area contributed by atoms with Crippen molar-refractivity contribution in [3.63, 3.8) is 0 Å². The number of phenols is 3. The van der Waals surface area contributed by atoms with E-state index < -0.39 is 33.1 Å². The van der Waals surface area contributed by atoms with Gasteiger partial charge in [-0.05, 0) is 18.2 Å². The first-order chi connectivity index (χ1) is 11.6. The van der Waals surface area contributed by atoms with Crippen LogP contribution in [0.1, 0.15) is 0 Å². The van der Waals surface area contributed by atoms with Crippen LogP contribution in [0, 0.1) is 0 Å². The van der Waals surface area contributed by atoms with E-state index in [9.17, 15) is 33.1 Å². The maximum atomic E-state index is 12.2. The van der Waals surface area contributed by atoms with Crippen molar-refractivity contribution in [1.29, 1.82) is 0 Å². The smallest absolute Gasteiger partial charge is 0.262 e. The first kappa shape index (κ1) is 16.6. The Kier molecular flexibility index (Phi) is 3.78. The summed E-state index contributed by atoms with van der Waals surface area (Å²) >= 11 is 0. The van der Waals surface area contributed by atoms with Crippen molar-refractivity contribution in [2.45, 2.75) is 0 Å². The average molecular weight is 365 g/mol. The molecule has 0 spiro atoms. The van der Waals surface area contributed by atoms with Crippen LogP contribution in [-0.2, 0) is 10.4 Å². The molecule has 0 saturated heterocycles. The summed E-state index contributed by atoms with van der Waals surface area (Å²) in [7, 11) is -5.09.